The molecule has 4 nitrogen and oxygen atoms in total. The summed E-state index contributed by atoms with van der Waals surface area (Å²) in [5.74, 6) is 0.197. The van der Waals surface area contributed by atoms with Crippen LogP contribution in [-0.2, 0) is 13.0 Å². The van der Waals surface area contributed by atoms with E-state index in [1.54, 1.807) is 18.3 Å². The maximum absolute atomic E-state index is 12.5. The number of rotatable bonds is 6. The normalized spacial score (nSPS) is 11.7. The van der Waals surface area contributed by atoms with Crippen LogP contribution in [0.5, 0.6) is 0 Å². The van der Waals surface area contributed by atoms with Gasteiger partial charge in [-0.05, 0) is 35.6 Å². The third kappa shape index (κ3) is 5.05. The summed E-state index contributed by atoms with van der Waals surface area (Å²) in [5, 5.41) is 3.13. The van der Waals surface area contributed by atoms with Gasteiger partial charge in [-0.2, -0.15) is 0 Å². The third-order valence-corrected chi connectivity index (χ3v) is 3.99. The van der Waals surface area contributed by atoms with Crippen LogP contribution < -0.4 is 11.1 Å². The number of hydrogen-bond acceptors (Lipinski definition) is 3. The lowest BCUT2D eigenvalue weighted by atomic mass is 9.94. The summed E-state index contributed by atoms with van der Waals surface area (Å²) >= 11 is 0. The van der Waals surface area contributed by atoms with Crippen LogP contribution in [0.25, 0.3) is 0 Å². The highest BCUT2D eigenvalue weighted by Crippen LogP contribution is 2.23. The molecule has 1 aromatic carbocycles. The van der Waals surface area contributed by atoms with Crippen LogP contribution in [-0.4, -0.2) is 10.9 Å². The lowest BCUT2D eigenvalue weighted by Gasteiger charge is -2.23. The molecule has 5 heteroatoms. The molecule has 1 atom stereocenters. The van der Waals surface area contributed by atoms with Crippen molar-refractivity contribution in [3.63, 3.8) is 0 Å². The van der Waals surface area contributed by atoms with Gasteiger partial charge in [0.1, 0.15) is 0 Å². The van der Waals surface area contributed by atoms with Gasteiger partial charge in [0, 0.05) is 18.3 Å². The zero-order valence-corrected chi connectivity index (χ0v) is 15.3. The molecule has 1 unspecified atom stereocenters. The number of amides is 1. The fourth-order valence-electron chi connectivity index (χ4n) is 2.55. The van der Waals surface area contributed by atoms with Crippen LogP contribution in [0.1, 0.15) is 54.0 Å². The smallest absolute Gasteiger partial charge is 0.251 e. The number of benzene rings is 1. The van der Waals surface area contributed by atoms with Crippen molar-refractivity contribution in [1.29, 1.82) is 0 Å². The number of nitrogens with two attached hydrogens (primary N) is 1. The maximum Gasteiger partial charge on any atom is 0.251 e. The molecule has 1 amide bonds. The molecule has 0 saturated heterocycles. The Morgan fingerprint density at radius 1 is 1.21 bits per heavy atom. The van der Waals surface area contributed by atoms with Gasteiger partial charge >= 0.3 is 0 Å². The van der Waals surface area contributed by atoms with E-state index in [1.807, 2.05) is 0 Å². The van der Waals surface area contributed by atoms with Crippen LogP contribution in [0.4, 0.5) is 0 Å². The van der Waals surface area contributed by atoms with E-state index in [-0.39, 0.29) is 24.4 Å². The van der Waals surface area contributed by atoms with Crippen LogP contribution in [0.15, 0.2) is 42.6 Å². The number of pyridine rings is 1. The highest BCUT2D eigenvalue weighted by molar-refractivity contribution is 5.94. The molecule has 1 heterocycles. The summed E-state index contributed by atoms with van der Waals surface area (Å²) in [4.78, 5) is 16.7. The van der Waals surface area contributed by atoms with Gasteiger partial charge in [-0.1, -0.05) is 45.0 Å². The minimum atomic E-state index is -0.0969. The SMILES string of the molecule is CCc1ccc(C(NC(=O)c2ccnc(CN)c2)C(C)C)cc1.Cl. The van der Waals surface area contributed by atoms with Gasteiger partial charge in [0.2, 0.25) is 0 Å². The monoisotopic (exact) mass is 347 g/mol. The summed E-state index contributed by atoms with van der Waals surface area (Å²) in [6.07, 6.45) is 2.63. The molecule has 130 valence electrons. The molecule has 0 radical (unpaired) electrons. The third-order valence-electron chi connectivity index (χ3n) is 3.99. The van der Waals surface area contributed by atoms with Gasteiger partial charge in [-0.25, -0.2) is 0 Å². The molecule has 0 spiro atoms. The van der Waals surface area contributed by atoms with Gasteiger partial charge < -0.3 is 11.1 Å². The van der Waals surface area contributed by atoms with Crippen LogP contribution in [0.3, 0.4) is 0 Å². The number of hydrogen-bond donors (Lipinski definition) is 2. The Balaban J connectivity index is 0.00000288. The summed E-state index contributed by atoms with van der Waals surface area (Å²) in [5.41, 5.74) is 9.32. The maximum atomic E-state index is 12.5. The highest BCUT2D eigenvalue weighted by atomic mass is 35.5. The molecule has 0 aliphatic carbocycles. The van der Waals surface area contributed by atoms with E-state index >= 15 is 0 Å². The van der Waals surface area contributed by atoms with Gasteiger partial charge in [0.05, 0.1) is 11.7 Å². The summed E-state index contributed by atoms with van der Waals surface area (Å²) in [6.45, 7) is 6.68. The molecule has 0 saturated carbocycles. The lowest BCUT2D eigenvalue weighted by molar-refractivity contribution is 0.0925. The van der Waals surface area contributed by atoms with Crippen molar-refractivity contribution in [2.24, 2.45) is 11.7 Å². The topological polar surface area (TPSA) is 68.0 Å². The van der Waals surface area contributed by atoms with Crippen LogP contribution >= 0.6 is 12.4 Å². The molecule has 2 aromatic rings. The Morgan fingerprint density at radius 3 is 2.42 bits per heavy atom. The molecule has 0 aliphatic heterocycles. The molecular weight excluding hydrogens is 322 g/mol. The van der Waals surface area contributed by atoms with Crippen molar-refractivity contribution in [1.82, 2.24) is 10.3 Å². The number of nitrogens with zero attached hydrogens (tertiary/aromatic N) is 1. The van der Waals surface area contributed by atoms with Crippen molar-refractivity contribution < 1.29 is 4.79 Å². The number of aromatic nitrogens is 1. The Bertz CT molecular complexity index is 656. The van der Waals surface area contributed by atoms with Crippen molar-refractivity contribution in [2.45, 2.75) is 39.8 Å². The predicted octanol–water partition coefficient (Wildman–Crippen LogP) is 3.65. The second-order valence-electron chi connectivity index (χ2n) is 6.03. The van der Waals surface area contributed by atoms with Crippen molar-refractivity contribution in [3.8, 4) is 0 Å². The molecule has 2 rings (SSSR count). The van der Waals surface area contributed by atoms with Gasteiger partial charge in [-0.15, -0.1) is 12.4 Å². The van der Waals surface area contributed by atoms with Crippen LogP contribution in [0.2, 0.25) is 0 Å². The van der Waals surface area contributed by atoms with Crippen molar-refractivity contribution in [3.05, 3.63) is 65.0 Å². The van der Waals surface area contributed by atoms with Crippen molar-refractivity contribution in [2.75, 3.05) is 0 Å². The minimum Gasteiger partial charge on any atom is -0.345 e. The second-order valence-corrected chi connectivity index (χ2v) is 6.03. The summed E-state index contributed by atoms with van der Waals surface area (Å²) < 4.78 is 0. The fraction of sp³-hybridized carbons (Fsp3) is 0.368. The van der Waals surface area contributed by atoms with E-state index < -0.39 is 0 Å². The van der Waals surface area contributed by atoms with E-state index in [0.717, 1.165) is 12.0 Å². The molecule has 3 N–H and O–H groups in total. The standard InChI is InChI=1S/C19H25N3O.ClH/c1-4-14-5-7-15(8-6-14)18(13(2)3)22-19(23)16-9-10-21-17(11-16)12-20;/h5-11,13,18H,4,12,20H2,1-3H3,(H,22,23);1H. The first-order chi connectivity index (χ1) is 11.0. The van der Waals surface area contributed by atoms with Gasteiger partial charge in [0.25, 0.3) is 5.91 Å². The Kier molecular flexibility index (Phi) is 7.89. The first kappa shape index (κ1) is 20.1. The average Bonchev–Trinajstić information content (AvgIpc) is 2.59. The largest absolute Gasteiger partial charge is 0.345 e. The van der Waals surface area contributed by atoms with E-state index in [9.17, 15) is 4.79 Å². The number of carbonyl (C=O) groups is 1. The molecule has 24 heavy (non-hydrogen) atoms. The number of carbonyl (C=O) groups excluding carboxylic acids is 1. The van der Waals surface area contributed by atoms with Crippen molar-refractivity contribution >= 4 is 18.3 Å². The Morgan fingerprint density at radius 2 is 1.88 bits per heavy atom. The number of halogens is 1. The minimum absolute atomic E-state index is 0. The Hall–Kier alpha value is -1.91. The van der Waals surface area contributed by atoms with Gasteiger partial charge in [-0.3, -0.25) is 9.78 Å². The lowest BCUT2D eigenvalue weighted by Crippen LogP contribution is -2.31. The summed E-state index contributed by atoms with van der Waals surface area (Å²) in [7, 11) is 0. The molecule has 1 aromatic heterocycles. The van der Waals surface area contributed by atoms with E-state index in [0.29, 0.717) is 23.7 Å². The molecule has 0 bridgehead atoms. The van der Waals surface area contributed by atoms with Crippen LogP contribution in [0, 0.1) is 5.92 Å². The predicted molar refractivity (Wildman–Crippen MR) is 100 cm³/mol. The average molecular weight is 348 g/mol. The zero-order chi connectivity index (χ0) is 16.8. The first-order valence-electron chi connectivity index (χ1n) is 8.09. The number of nitrogens with one attached hydrogen (secondary N) is 1. The number of aryl methyl sites for hydroxylation is 1. The zero-order valence-electron chi connectivity index (χ0n) is 14.5. The van der Waals surface area contributed by atoms with E-state index in [2.05, 4.69) is 55.3 Å². The summed E-state index contributed by atoms with van der Waals surface area (Å²) in [6, 6.07) is 11.9. The first-order valence-corrected chi connectivity index (χ1v) is 8.09. The molecular formula is C19H26ClN3O. The fourth-order valence-corrected chi connectivity index (χ4v) is 2.55. The molecule has 0 aliphatic rings. The van der Waals surface area contributed by atoms with E-state index in [1.165, 1.54) is 5.56 Å². The Labute approximate surface area is 150 Å². The quantitative estimate of drug-likeness (QED) is 0.838. The second kappa shape index (κ2) is 9.40. The van der Waals surface area contributed by atoms with Gasteiger partial charge in [0.15, 0.2) is 0 Å². The van der Waals surface area contributed by atoms with E-state index in [4.69, 9.17) is 5.73 Å². The molecule has 0 fully saturated rings. The highest BCUT2D eigenvalue weighted by Gasteiger charge is 2.19.